The zero-order valence-electron chi connectivity index (χ0n) is 8.95. The Kier molecular flexibility index (Phi) is 3.27. The lowest BCUT2D eigenvalue weighted by Gasteiger charge is -2.06. The molecule has 1 heterocycles. The molecule has 0 fully saturated rings. The van der Waals surface area contributed by atoms with Crippen molar-refractivity contribution < 1.29 is 18.0 Å². The van der Waals surface area contributed by atoms with Gasteiger partial charge in [-0.1, -0.05) is 0 Å². The molecule has 0 saturated heterocycles. The summed E-state index contributed by atoms with van der Waals surface area (Å²) in [6.07, 6.45) is 1.10. The third kappa shape index (κ3) is 2.65. The van der Waals surface area contributed by atoms with E-state index >= 15 is 0 Å². The molecule has 0 aliphatic heterocycles. The molecule has 0 bridgehead atoms. The van der Waals surface area contributed by atoms with Gasteiger partial charge in [0.25, 0.3) is 5.91 Å². The van der Waals surface area contributed by atoms with E-state index in [1.807, 2.05) is 0 Å². The minimum Gasteiger partial charge on any atom is -0.319 e. The predicted octanol–water partition coefficient (Wildman–Crippen LogP) is 2.75. The highest BCUT2D eigenvalue weighted by molar-refractivity contribution is 6.04. The molecule has 18 heavy (non-hydrogen) atoms. The summed E-state index contributed by atoms with van der Waals surface area (Å²) in [7, 11) is 0. The fraction of sp³-hybridized carbons (Fsp3) is 0. The van der Waals surface area contributed by atoms with Gasteiger partial charge in [-0.25, -0.2) is 13.8 Å². The van der Waals surface area contributed by atoms with Gasteiger partial charge >= 0.3 is 0 Å². The van der Waals surface area contributed by atoms with Crippen LogP contribution in [0, 0.1) is 17.6 Å². The number of benzene rings is 1. The number of carbonyl (C=O) groups is 1. The summed E-state index contributed by atoms with van der Waals surface area (Å²) < 4.78 is 38.9. The lowest BCUT2D eigenvalue weighted by Crippen LogP contribution is -2.13. The van der Waals surface area contributed by atoms with E-state index in [1.54, 1.807) is 0 Å². The predicted molar refractivity (Wildman–Crippen MR) is 58.5 cm³/mol. The average Bonchev–Trinajstić information content (AvgIpc) is 2.34. The van der Waals surface area contributed by atoms with E-state index in [9.17, 15) is 18.0 Å². The SMILES string of the molecule is O=C(Nc1cc(F)ccc1F)c1ccnc(F)c1. The van der Waals surface area contributed by atoms with Crippen molar-refractivity contribution >= 4 is 11.6 Å². The van der Waals surface area contributed by atoms with Crippen LogP contribution in [0.4, 0.5) is 18.9 Å². The number of hydrogen-bond donors (Lipinski definition) is 1. The summed E-state index contributed by atoms with van der Waals surface area (Å²) in [6.45, 7) is 0. The van der Waals surface area contributed by atoms with Crippen LogP contribution >= 0.6 is 0 Å². The van der Waals surface area contributed by atoms with Gasteiger partial charge in [0.2, 0.25) is 5.95 Å². The van der Waals surface area contributed by atoms with Crippen molar-refractivity contribution in [2.24, 2.45) is 0 Å². The van der Waals surface area contributed by atoms with E-state index in [0.29, 0.717) is 0 Å². The Hall–Kier alpha value is -2.37. The van der Waals surface area contributed by atoms with Crippen LogP contribution < -0.4 is 5.32 Å². The van der Waals surface area contributed by atoms with Gasteiger partial charge in [0, 0.05) is 23.9 Å². The van der Waals surface area contributed by atoms with Crippen LogP contribution in [0.15, 0.2) is 36.5 Å². The molecule has 0 aliphatic rings. The molecule has 0 aliphatic carbocycles. The molecule has 0 unspecified atom stereocenters. The van der Waals surface area contributed by atoms with Crippen molar-refractivity contribution in [1.82, 2.24) is 4.98 Å². The maximum Gasteiger partial charge on any atom is 0.255 e. The number of anilines is 1. The van der Waals surface area contributed by atoms with Gasteiger partial charge in [0.15, 0.2) is 0 Å². The smallest absolute Gasteiger partial charge is 0.255 e. The molecule has 1 aromatic carbocycles. The molecule has 0 atom stereocenters. The van der Waals surface area contributed by atoms with Gasteiger partial charge in [-0.2, -0.15) is 4.39 Å². The van der Waals surface area contributed by atoms with Gasteiger partial charge in [-0.15, -0.1) is 0 Å². The molecule has 0 radical (unpaired) electrons. The Bertz CT molecular complexity index is 602. The summed E-state index contributed by atoms with van der Waals surface area (Å²) in [6, 6.07) is 4.81. The quantitative estimate of drug-likeness (QED) is 0.835. The molecule has 1 amide bonds. The maximum absolute atomic E-state index is 13.3. The van der Waals surface area contributed by atoms with Crippen LogP contribution in [-0.4, -0.2) is 10.9 Å². The zero-order chi connectivity index (χ0) is 13.1. The number of nitrogens with zero attached hydrogens (tertiary/aromatic N) is 1. The van der Waals surface area contributed by atoms with Gasteiger partial charge in [-0.05, 0) is 18.2 Å². The third-order valence-electron chi connectivity index (χ3n) is 2.17. The maximum atomic E-state index is 13.3. The molecular formula is C12H7F3N2O. The zero-order valence-corrected chi connectivity index (χ0v) is 8.95. The van der Waals surface area contributed by atoms with Gasteiger partial charge in [-0.3, -0.25) is 4.79 Å². The Morgan fingerprint density at radius 3 is 2.61 bits per heavy atom. The standard InChI is InChI=1S/C12H7F3N2O/c13-8-1-2-9(14)10(6-8)17-12(18)7-3-4-16-11(15)5-7/h1-6H,(H,17,18). The third-order valence-corrected chi connectivity index (χ3v) is 2.17. The van der Waals surface area contributed by atoms with Gasteiger partial charge < -0.3 is 5.32 Å². The number of amides is 1. The number of nitrogens with one attached hydrogen (secondary N) is 1. The average molecular weight is 252 g/mol. The number of aromatic nitrogens is 1. The van der Waals surface area contributed by atoms with Crippen LogP contribution in [0.1, 0.15) is 10.4 Å². The summed E-state index contributed by atoms with van der Waals surface area (Å²) in [5.41, 5.74) is -0.344. The van der Waals surface area contributed by atoms with Crippen molar-refractivity contribution in [3.63, 3.8) is 0 Å². The Morgan fingerprint density at radius 2 is 1.89 bits per heavy atom. The first-order valence-electron chi connectivity index (χ1n) is 4.94. The lowest BCUT2D eigenvalue weighted by atomic mass is 10.2. The first-order chi connectivity index (χ1) is 8.56. The first-order valence-corrected chi connectivity index (χ1v) is 4.94. The van der Waals surface area contributed by atoms with E-state index in [1.165, 1.54) is 6.07 Å². The van der Waals surface area contributed by atoms with E-state index in [-0.39, 0.29) is 11.3 Å². The van der Waals surface area contributed by atoms with Crippen LogP contribution in [0.25, 0.3) is 0 Å². The van der Waals surface area contributed by atoms with Crippen molar-refractivity contribution in [2.45, 2.75) is 0 Å². The normalized spacial score (nSPS) is 10.2. The number of pyridine rings is 1. The highest BCUT2D eigenvalue weighted by atomic mass is 19.1. The van der Waals surface area contributed by atoms with Gasteiger partial charge in [0.05, 0.1) is 5.69 Å². The number of halogens is 3. The van der Waals surface area contributed by atoms with E-state index in [0.717, 1.165) is 30.5 Å². The largest absolute Gasteiger partial charge is 0.319 e. The fourth-order valence-electron chi connectivity index (χ4n) is 1.33. The number of carbonyl (C=O) groups excluding carboxylic acids is 1. The Balaban J connectivity index is 2.24. The van der Waals surface area contributed by atoms with Crippen LogP contribution in [0.5, 0.6) is 0 Å². The summed E-state index contributed by atoms with van der Waals surface area (Å²) in [5, 5.41) is 2.15. The minimum atomic E-state index is -0.831. The van der Waals surface area contributed by atoms with Crippen molar-refractivity contribution in [3.05, 3.63) is 59.7 Å². The minimum absolute atomic E-state index is 0.0360. The fourth-order valence-corrected chi connectivity index (χ4v) is 1.33. The summed E-state index contributed by atoms with van der Waals surface area (Å²) in [4.78, 5) is 14.9. The molecule has 1 N–H and O–H groups in total. The number of rotatable bonds is 2. The molecule has 0 saturated carbocycles. The highest BCUT2D eigenvalue weighted by Gasteiger charge is 2.11. The molecule has 2 aromatic rings. The van der Waals surface area contributed by atoms with Gasteiger partial charge in [0.1, 0.15) is 11.6 Å². The molecule has 6 heteroatoms. The molecule has 3 nitrogen and oxygen atoms in total. The second-order valence-electron chi connectivity index (χ2n) is 3.45. The molecular weight excluding hydrogens is 245 g/mol. The molecule has 92 valence electrons. The van der Waals surface area contributed by atoms with E-state index in [4.69, 9.17) is 0 Å². The van der Waals surface area contributed by atoms with E-state index in [2.05, 4.69) is 10.3 Å². The number of hydrogen-bond acceptors (Lipinski definition) is 2. The molecule has 1 aromatic heterocycles. The highest BCUT2D eigenvalue weighted by Crippen LogP contribution is 2.16. The Labute approximate surface area is 100 Å². The van der Waals surface area contributed by atoms with Crippen LogP contribution in [-0.2, 0) is 0 Å². The molecule has 0 spiro atoms. The summed E-state index contributed by atoms with van der Waals surface area (Å²) >= 11 is 0. The molecule has 2 rings (SSSR count). The monoisotopic (exact) mass is 252 g/mol. The van der Waals surface area contributed by atoms with Crippen LogP contribution in [0.2, 0.25) is 0 Å². The van der Waals surface area contributed by atoms with E-state index < -0.39 is 23.5 Å². The van der Waals surface area contributed by atoms with Crippen molar-refractivity contribution in [3.8, 4) is 0 Å². The second kappa shape index (κ2) is 4.87. The second-order valence-corrected chi connectivity index (χ2v) is 3.45. The van der Waals surface area contributed by atoms with Crippen LogP contribution in [0.3, 0.4) is 0 Å². The first kappa shape index (κ1) is 12.1. The topological polar surface area (TPSA) is 42.0 Å². The van der Waals surface area contributed by atoms with Crippen molar-refractivity contribution in [2.75, 3.05) is 5.32 Å². The lowest BCUT2D eigenvalue weighted by molar-refractivity contribution is 0.102. The summed E-state index contributed by atoms with van der Waals surface area (Å²) in [5.74, 6) is -3.05. The Morgan fingerprint density at radius 1 is 1.11 bits per heavy atom. The van der Waals surface area contributed by atoms with Crippen molar-refractivity contribution in [1.29, 1.82) is 0 Å².